The summed E-state index contributed by atoms with van der Waals surface area (Å²) in [5.41, 5.74) is 0.817. The van der Waals surface area contributed by atoms with E-state index in [0.29, 0.717) is 22.6 Å². The summed E-state index contributed by atoms with van der Waals surface area (Å²) in [6.07, 6.45) is 3.80. The van der Waals surface area contributed by atoms with Crippen molar-refractivity contribution in [2.24, 2.45) is 5.92 Å². The van der Waals surface area contributed by atoms with E-state index in [2.05, 4.69) is 0 Å². The summed E-state index contributed by atoms with van der Waals surface area (Å²) in [5, 5.41) is 1.00. The molecule has 0 saturated carbocycles. The van der Waals surface area contributed by atoms with Gasteiger partial charge in [-0.15, -0.1) is 0 Å². The van der Waals surface area contributed by atoms with Crippen LogP contribution in [0.15, 0.2) is 18.2 Å². The molecule has 2 aliphatic heterocycles. The molecule has 3 unspecified atom stereocenters. The molecule has 4 heteroatoms. The zero-order valence-electron chi connectivity index (χ0n) is 9.86. The second kappa shape index (κ2) is 4.84. The van der Waals surface area contributed by atoms with E-state index < -0.39 is 0 Å². The summed E-state index contributed by atoms with van der Waals surface area (Å²) < 4.78 is 5.72. The third-order valence-corrected chi connectivity index (χ3v) is 4.77. The van der Waals surface area contributed by atoms with Crippen molar-refractivity contribution in [3.63, 3.8) is 0 Å². The lowest BCUT2D eigenvalue weighted by molar-refractivity contribution is -0.123. The van der Waals surface area contributed by atoms with Gasteiger partial charge in [0.05, 0.1) is 22.3 Å². The van der Waals surface area contributed by atoms with Crippen LogP contribution in [0.1, 0.15) is 24.8 Å². The van der Waals surface area contributed by atoms with Crippen molar-refractivity contribution in [3.05, 3.63) is 33.8 Å². The maximum atomic E-state index is 12.3. The number of hydrogen-bond donors (Lipinski definition) is 0. The molecule has 2 aliphatic rings. The second-order valence-electron chi connectivity index (χ2n) is 5.07. The summed E-state index contributed by atoms with van der Waals surface area (Å²) >= 11 is 12.1. The van der Waals surface area contributed by atoms with Gasteiger partial charge in [0.2, 0.25) is 0 Å². The van der Waals surface area contributed by atoms with E-state index in [0.717, 1.165) is 24.8 Å². The Morgan fingerprint density at radius 1 is 1.33 bits per heavy atom. The molecule has 0 amide bonds. The molecule has 18 heavy (non-hydrogen) atoms. The molecule has 1 aromatic rings. The number of Topliss-reactive ketones (excluding diaryl/α,β-unsaturated/α-hetero) is 1. The van der Waals surface area contributed by atoms with Crippen molar-refractivity contribution in [2.75, 3.05) is 0 Å². The van der Waals surface area contributed by atoms with Crippen LogP contribution >= 0.6 is 23.2 Å². The lowest BCUT2D eigenvalue weighted by atomic mass is 9.84. The van der Waals surface area contributed by atoms with Gasteiger partial charge in [-0.1, -0.05) is 35.3 Å². The molecule has 2 saturated heterocycles. The van der Waals surface area contributed by atoms with Gasteiger partial charge in [-0.3, -0.25) is 4.79 Å². The fraction of sp³-hybridized carbons (Fsp3) is 0.500. The van der Waals surface area contributed by atoms with Gasteiger partial charge in [-0.25, -0.2) is 0 Å². The molecule has 2 heterocycles. The van der Waals surface area contributed by atoms with Crippen molar-refractivity contribution in [3.8, 4) is 0 Å². The maximum absolute atomic E-state index is 12.3. The first-order valence-electron chi connectivity index (χ1n) is 6.26. The van der Waals surface area contributed by atoms with Gasteiger partial charge < -0.3 is 4.74 Å². The lowest BCUT2D eigenvalue weighted by Gasteiger charge is -2.17. The molecule has 2 nitrogen and oxygen atoms in total. The third-order valence-electron chi connectivity index (χ3n) is 3.92. The van der Waals surface area contributed by atoms with E-state index in [1.165, 1.54) is 0 Å². The van der Waals surface area contributed by atoms with E-state index in [4.69, 9.17) is 27.9 Å². The second-order valence-corrected chi connectivity index (χ2v) is 5.86. The summed E-state index contributed by atoms with van der Waals surface area (Å²) in [6.45, 7) is 0. The zero-order valence-corrected chi connectivity index (χ0v) is 11.4. The molecule has 3 rings (SSSR count). The van der Waals surface area contributed by atoms with E-state index in [9.17, 15) is 4.79 Å². The van der Waals surface area contributed by atoms with Crippen LogP contribution in [0.4, 0.5) is 0 Å². The molecule has 2 fully saturated rings. The molecule has 0 N–H and O–H groups in total. The number of ketones is 1. The number of ether oxygens (including phenoxy) is 1. The lowest BCUT2D eigenvalue weighted by Crippen LogP contribution is -2.26. The van der Waals surface area contributed by atoms with Crippen LogP contribution in [0.3, 0.4) is 0 Å². The quantitative estimate of drug-likeness (QED) is 0.847. The number of carbonyl (C=O) groups excluding carboxylic acids is 1. The highest BCUT2D eigenvalue weighted by molar-refractivity contribution is 6.42. The number of halogens is 2. The van der Waals surface area contributed by atoms with Crippen LogP contribution < -0.4 is 0 Å². The Balaban J connectivity index is 1.73. The first kappa shape index (κ1) is 12.5. The van der Waals surface area contributed by atoms with Crippen LogP contribution in [0, 0.1) is 5.92 Å². The van der Waals surface area contributed by atoms with Gasteiger partial charge >= 0.3 is 0 Å². The van der Waals surface area contributed by atoms with Crippen LogP contribution in [0.25, 0.3) is 0 Å². The molecule has 0 aliphatic carbocycles. The van der Waals surface area contributed by atoms with Gasteiger partial charge in [-0.05, 0) is 30.9 Å². The average molecular weight is 285 g/mol. The van der Waals surface area contributed by atoms with Crippen LogP contribution in [0.2, 0.25) is 10.0 Å². The Morgan fingerprint density at radius 3 is 2.83 bits per heavy atom. The Hall–Kier alpha value is -0.570. The fourth-order valence-electron chi connectivity index (χ4n) is 2.98. The van der Waals surface area contributed by atoms with Crippen LogP contribution in [-0.2, 0) is 16.0 Å². The number of hydrogen-bond acceptors (Lipinski definition) is 2. The molecule has 96 valence electrons. The van der Waals surface area contributed by atoms with Gasteiger partial charge in [0, 0.05) is 12.3 Å². The van der Waals surface area contributed by atoms with E-state index in [1.54, 1.807) is 6.07 Å². The van der Waals surface area contributed by atoms with Gasteiger partial charge in [-0.2, -0.15) is 0 Å². The molecule has 2 bridgehead atoms. The summed E-state index contributed by atoms with van der Waals surface area (Å²) in [5.74, 6) is 0.283. The predicted octanol–water partition coefficient (Wildman–Crippen LogP) is 3.67. The number of fused-ring (bicyclic) bond motifs is 2. The minimum atomic E-state index is 0.0544. The molecule has 0 spiro atoms. The van der Waals surface area contributed by atoms with Crippen molar-refractivity contribution < 1.29 is 9.53 Å². The molecular formula is C14H14Cl2O2. The first-order valence-corrected chi connectivity index (χ1v) is 7.02. The molecule has 3 atom stereocenters. The zero-order chi connectivity index (χ0) is 12.7. The van der Waals surface area contributed by atoms with Crippen LogP contribution in [0.5, 0.6) is 0 Å². The normalized spacial score (nSPS) is 29.8. The van der Waals surface area contributed by atoms with Crippen molar-refractivity contribution in [1.82, 2.24) is 0 Å². The highest BCUT2D eigenvalue weighted by Gasteiger charge is 2.43. The van der Waals surface area contributed by atoms with E-state index >= 15 is 0 Å². The fourth-order valence-corrected chi connectivity index (χ4v) is 3.37. The van der Waals surface area contributed by atoms with Crippen molar-refractivity contribution in [2.45, 2.75) is 37.9 Å². The Labute approximate surface area is 116 Å². The summed E-state index contributed by atoms with van der Waals surface area (Å²) in [4.78, 5) is 12.3. The number of rotatable bonds is 3. The smallest absolute Gasteiger partial charge is 0.143 e. The number of benzene rings is 1. The first-order chi connectivity index (χ1) is 8.65. The van der Waals surface area contributed by atoms with Gasteiger partial charge in [0.25, 0.3) is 0 Å². The monoisotopic (exact) mass is 284 g/mol. The summed E-state index contributed by atoms with van der Waals surface area (Å²) in [7, 11) is 0. The van der Waals surface area contributed by atoms with Crippen LogP contribution in [-0.4, -0.2) is 18.0 Å². The minimum absolute atomic E-state index is 0.0544. The standard InChI is InChI=1S/C14H14Cl2O2/c15-11-3-1-2-8(14(11)16)6-12(17)10-7-9-4-5-13(10)18-9/h1-3,9-10,13H,4-7H2. The Bertz CT molecular complexity index is 487. The average Bonchev–Trinajstić information content (AvgIpc) is 2.97. The van der Waals surface area contributed by atoms with Gasteiger partial charge in [0.15, 0.2) is 0 Å². The van der Waals surface area contributed by atoms with E-state index in [1.807, 2.05) is 12.1 Å². The third kappa shape index (κ3) is 2.18. The molecular weight excluding hydrogens is 271 g/mol. The van der Waals surface area contributed by atoms with Gasteiger partial charge in [0.1, 0.15) is 5.78 Å². The Morgan fingerprint density at radius 2 is 2.17 bits per heavy atom. The molecule has 0 aromatic heterocycles. The van der Waals surface area contributed by atoms with Crippen molar-refractivity contribution in [1.29, 1.82) is 0 Å². The molecule has 0 radical (unpaired) electrons. The van der Waals surface area contributed by atoms with E-state index in [-0.39, 0.29) is 17.8 Å². The summed E-state index contributed by atoms with van der Waals surface area (Å²) in [6, 6.07) is 5.42. The topological polar surface area (TPSA) is 26.3 Å². The number of carbonyl (C=O) groups is 1. The largest absolute Gasteiger partial charge is 0.374 e. The minimum Gasteiger partial charge on any atom is -0.374 e. The Kier molecular flexibility index (Phi) is 3.35. The highest BCUT2D eigenvalue weighted by atomic mass is 35.5. The van der Waals surface area contributed by atoms with Crippen molar-refractivity contribution >= 4 is 29.0 Å². The highest BCUT2D eigenvalue weighted by Crippen LogP contribution is 2.40. The maximum Gasteiger partial charge on any atom is 0.143 e. The SMILES string of the molecule is O=C(Cc1cccc(Cl)c1Cl)C1CC2CCC1O2. The molecule has 1 aromatic carbocycles. The predicted molar refractivity (Wildman–Crippen MR) is 71.2 cm³/mol.